The van der Waals surface area contributed by atoms with Crippen molar-refractivity contribution in [2.45, 2.75) is 19.9 Å². The molecular formula is C19H20ClNO4. The summed E-state index contributed by atoms with van der Waals surface area (Å²) in [5.74, 6) is -0.371. The number of nitrogens with one attached hydrogen (secondary N) is 1. The van der Waals surface area contributed by atoms with Gasteiger partial charge >= 0.3 is 5.97 Å². The minimum absolute atomic E-state index is 0.216. The van der Waals surface area contributed by atoms with Crippen LogP contribution in [0.1, 0.15) is 24.1 Å². The van der Waals surface area contributed by atoms with Gasteiger partial charge in [-0.1, -0.05) is 41.9 Å². The molecule has 0 radical (unpaired) electrons. The Morgan fingerprint density at radius 3 is 2.44 bits per heavy atom. The topological polar surface area (TPSA) is 64.6 Å². The Bertz CT molecular complexity index is 730. The van der Waals surface area contributed by atoms with E-state index in [1.807, 2.05) is 44.2 Å². The van der Waals surface area contributed by atoms with Crippen molar-refractivity contribution in [1.82, 2.24) is 5.32 Å². The van der Waals surface area contributed by atoms with Crippen molar-refractivity contribution in [3.63, 3.8) is 0 Å². The van der Waals surface area contributed by atoms with E-state index in [-0.39, 0.29) is 25.2 Å². The van der Waals surface area contributed by atoms with Gasteiger partial charge < -0.3 is 14.8 Å². The van der Waals surface area contributed by atoms with E-state index in [4.69, 9.17) is 21.1 Å². The molecule has 0 unspecified atom stereocenters. The third kappa shape index (κ3) is 6.12. The molecule has 0 aliphatic heterocycles. The zero-order valence-electron chi connectivity index (χ0n) is 14.1. The molecule has 0 fully saturated rings. The van der Waals surface area contributed by atoms with E-state index >= 15 is 0 Å². The fourth-order valence-corrected chi connectivity index (χ4v) is 2.29. The van der Waals surface area contributed by atoms with Crippen molar-refractivity contribution >= 4 is 23.5 Å². The Balaban J connectivity index is 1.73. The second kappa shape index (κ2) is 9.08. The van der Waals surface area contributed by atoms with Crippen LogP contribution in [-0.2, 0) is 14.3 Å². The van der Waals surface area contributed by atoms with Crippen LogP contribution in [0.2, 0.25) is 5.02 Å². The van der Waals surface area contributed by atoms with Gasteiger partial charge in [-0.25, -0.2) is 4.79 Å². The highest BCUT2D eigenvalue weighted by atomic mass is 35.5. The summed E-state index contributed by atoms with van der Waals surface area (Å²) in [6, 6.07) is 14.3. The zero-order chi connectivity index (χ0) is 18.2. The maximum Gasteiger partial charge on any atom is 0.344 e. The molecule has 0 saturated heterocycles. The number of aryl methyl sites for hydroxylation is 1. The lowest BCUT2D eigenvalue weighted by molar-refractivity contribution is -0.150. The van der Waals surface area contributed by atoms with Gasteiger partial charge in [-0.3, -0.25) is 4.79 Å². The van der Waals surface area contributed by atoms with E-state index in [1.165, 1.54) is 0 Å². The van der Waals surface area contributed by atoms with E-state index in [9.17, 15) is 9.59 Å². The Morgan fingerprint density at radius 1 is 1.08 bits per heavy atom. The van der Waals surface area contributed by atoms with Crippen LogP contribution in [0.15, 0.2) is 48.5 Å². The van der Waals surface area contributed by atoms with Gasteiger partial charge in [0.05, 0.1) is 6.04 Å². The minimum Gasteiger partial charge on any atom is -0.482 e. The summed E-state index contributed by atoms with van der Waals surface area (Å²) in [5.41, 5.74) is 1.83. The number of halogens is 1. The summed E-state index contributed by atoms with van der Waals surface area (Å²) in [6.45, 7) is 3.12. The van der Waals surface area contributed by atoms with Gasteiger partial charge in [0.25, 0.3) is 5.91 Å². The number of carbonyl (C=O) groups excluding carboxylic acids is 2. The number of para-hydroxylation sites is 1. The van der Waals surface area contributed by atoms with E-state index in [0.29, 0.717) is 10.8 Å². The standard InChI is InChI=1S/C19H20ClNO4/c1-13-5-3-4-6-17(13)24-12-19(23)25-11-18(22)21-14(2)15-7-9-16(20)10-8-15/h3-10,14H,11-12H2,1-2H3,(H,21,22)/t14-/m1/s1. The van der Waals surface area contributed by atoms with Gasteiger partial charge in [-0.15, -0.1) is 0 Å². The number of hydrogen-bond donors (Lipinski definition) is 1. The first-order chi connectivity index (χ1) is 12.0. The number of amides is 1. The molecule has 2 aromatic carbocycles. The minimum atomic E-state index is -0.599. The first kappa shape index (κ1) is 18.8. The highest BCUT2D eigenvalue weighted by Crippen LogP contribution is 2.16. The molecule has 132 valence electrons. The third-order valence-electron chi connectivity index (χ3n) is 3.55. The summed E-state index contributed by atoms with van der Waals surface area (Å²) in [4.78, 5) is 23.6. The molecule has 1 N–H and O–H groups in total. The van der Waals surface area contributed by atoms with E-state index < -0.39 is 5.97 Å². The molecule has 0 aliphatic carbocycles. The van der Waals surface area contributed by atoms with Crippen LogP contribution in [0, 0.1) is 6.92 Å². The fourth-order valence-electron chi connectivity index (χ4n) is 2.16. The molecular weight excluding hydrogens is 342 g/mol. The van der Waals surface area contributed by atoms with Gasteiger partial charge in [0.15, 0.2) is 13.2 Å². The Hall–Kier alpha value is -2.53. The molecule has 6 heteroatoms. The zero-order valence-corrected chi connectivity index (χ0v) is 14.9. The van der Waals surface area contributed by atoms with Crippen molar-refractivity contribution in [2.75, 3.05) is 13.2 Å². The van der Waals surface area contributed by atoms with Gasteiger partial charge in [0.1, 0.15) is 5.75 Å². The van der Waals surface area contributed by atoms with Crippen molar-refractivity contribution in [2.24, 2.45) is 0 Å². The maximum absolute atomic E-state index is 11.9. The highest BCUT2D eigenvalue weighted by Gasteiger charge is 2.12. The van der Waals surface area contributed by atoms with Crippen molar-refractivity contribution in [1.29, 1.82) is 0 Å². The van der Waals surface area contributed by atoms with Gasteiger partial charge in [0, 0.05) is 5.02 Å². The van der Waals surface area contributed by atoms with E-state index in [0.717, 1.165) is 11.1 Å². The molecule has 2 rings (SSSR count). The maximum atomic E-state index is 11.9. The SMILES string of the molecule is Cc1ccccc1OCC(=O)OCC(=O)N[C@H](C)c1ccc(Cl)cc1. The van der Waals surface area contributed by atoms with Gasteiger partial charge in [-0.2, -0.15) is 0 Å². The quantitative estimate of drug-likeness (QED) is 0.767. The lowest BCUT2D eigenvalue weighted by Gasteiger charge is -2.14. The third-order valence-corrected chi connectivity index (χ3v) is 3.80. The first-order valence-corrected chi connectivity index (χ1v) is 8.22. The highest BCUT2D eigenvalue weighted by molar-refractivity contribution is 6.30. The number of ether oxygens (including phenoxy) is 2. The molecule has 0 saturated carbocycles. The number of benzene rings is 2. The summed E-state index contributed by atoms with van der Waals surface area (Å²) in [5, 5.41) is 3.38. The van der Waals surface area contributed by atoms with Crippen LogP contribution >= 0.6 is 11.6 Å². The number of hydrogen-bond acceptors (Lipinski definition) is 4. The largest absolute Gasteiger partial charge is 0.482 e. The smallest absolute Gasteiger partial charge is 0.344 e. The molecule has 0 spiro atoms. The summed E-state index contributed by atoms with van der Waals surface area (Å²) in [6.07, 6.45) is 0. The van der Waals surface area contributed by atoms with Gasteiger partial charge in [0.2, 0.25) is 0 Å². The average Bonchev–Trinajstić information content (AvgIpc) is 2.59. The van der Waals surface area contributed by atoms with Crippen molar-refractivity contribution in [3.8, 4) is 5.75 Å². The molecule has 0 bridgehead atoms. The predicted octanol–water partition coefficient (Wildman–Crippen LogP) is 3.45. The molecule has 1 atom stereocenters. The van der Waals surface area contributed by atoms with Crippen LogP contribution in [0.3, 0.4) is 0 Å². The first-order valence-electron chi connectivity index (χ1n) is 7.84. The number of rotatable bonds is 7. The normalized spacial score (nSPS) is 11.5. The van der Waals surface area contributed by atoms with Crippen LogP contribution < -0.4 is 10.1 Å². The van der Waals surface area contributed by atoms with E-state index in [1.54, 1.807) is 18.2 Å². The Morgan fingerprint density at radius 2 is 1.76 bits per heavy atom. The van der Waals surface area contributed by atoms with Gasteiger partial charge in [-0.05, 0) is 43.2 Å². The summed E-state index contributed by atoms with van der Waals surface area (Å²) in [7, 11) is 0. The molecule has 0 heterocycles. The molecule has 1 amide bonds. The molecule has 0 aliphatic rings. The lowest BCUT2D eigenvalue weighted by atomic mass is 10.1. The van der Waals surface area contributed by atoms with E-state index in [2.05, 4.69) is 5.32 Å². The number of esters is 1. The predicted molar refractivity (Wildman–Crippen MR) is 95.6 cm³/mol. The Labute approximate surface area is 151 Å². The molecule has 5 nitrogen and oxygen atoms in total. The van der Waals surface area contributed by atoms with Crippen LogP contribution in [0.5, 0.6) is 5.75 Å². The van der Waals surface area contributed by atoms with Crippen molar-refractivity contribution in [3.05, 3.63) is 64.7 Å². The van der Waals surface area contributed by atoms with Crippen LogP contribution in [-0.4, -0.2) is 25.1 Å². The molecule has 2 aromatic rings. The monoisotopic (exact) mass is 361 g/mol. The summed E-state index contributed by atoms with van der Waals surface area (Å²) < 4.78 is 10.3. The average molecular weight is 362 g/mol. The Kier molecular flexibility index (Phi) is 6.83. The second-order valence-corrected chi connectivity index (χ2v) is 5.99. The summed E-state index contributed by atoms with van der Waals surface area (Å²) >= 11 is 5.83. The van der Waals surface area contributed by atoms with Crippen LogP contribution in [0.4, 0.5) is 0 Å². The second-order valence-electron chi connectivity index (χ2n) is 5.56. The molecule has 25 heavy (non-hydrogen) atoms. The fraction of sp³-hybridized carbons (Fsp3) is 0.263. The number of carbonyl (C=O) groups is 2. The lowest BCUT2D eigenvalue weighted by Crippen LogP contribution is -2.31. The van der Waals surface area contributed by atoms with Crippen LogP contribution in [0.25, 0.3) is 0 Å². The molecule has 0 aromatic heterocycles. The van der Waals surface area contributed by atoms with Crippen molar-refractivity contribution < 1.29 is 19.1 Å².